The van der Waals surface area contributed by atoms with Crippen LogP contribution in [0.1, 0.15) is 23.0 Å². The molecule has 1 aromatic heterocycles. The van der Waals surface area contributed by atoms with E-state index >= 15 is 0 Å². The Morgan fingerprint density at radius 1 is 1.35 bits per heavy atom. The van der Waals surface area contributed by atoms with E-state index in [1.807, 2.05) is 12.1 Å². The molecule has 1 unspecified atom stereocenters. The highest BCUT2D eigenvalue weighted by Gasteiger charge is 2.25. The fourth-order valence-corrected chi connectivity index (χ4v) is 2.56. The molecule has 0 saturated carbocycles. The lowest BCUT2D eigenvalue weighted by Crippen LogP contribution is -2.44. The summed E-state index contributed by atoms with van der Waals surface area (Å²) in [4.78, 5) is 6.86. The molecule has 1 atom stereocenters. The van der Waals surface area contributed by atoms with Crippen molar-refractivity contribution in [3.05, 3.63) is 35.2 Å². The summed E-state index contributed by atoms with van der Waals surface area (Å²) in [5.41, 5.74) is 3.45. The van der Waals surface area contributed by atoms with Gasteiger partial charge in [0.15, 0.2) is 5.82 Å². The van der Waals surface area contributed by atoms with E-state index < -0.39 is 0 Å². The van der Waals surface area contributed by atoms with Crippen LogP contribution in [0.3, 0.4) is 0 Å². The highest BCUT2D eigenvalue weighted by Crippen LogP contribution is 2.26. The van der Waals surface area contributed by atoms with E-state index in [4.69, 9.17) is 4.52 Å². The van der Waals surface area contributed by atoms with Crippen molar-refractivity contribution in [2.75, 3.05) is 26.7 Å². The van der Waals surface area contributed by atoms with Gasteiger partial charge in [-0.3, -0.25) is 4.90 Å². The third-order valence-corrected chi connectivity index (χ3v) is 4.09. The number of benzene rings is 1. The van der Waals surface area contributed by atoms with E-state index in [0.717, 1.165) is 31.0 Å². The van der Waals surface area contributed by atoms with E-state index in [0.29, 0.717) is 5.89 Å². The van der Waals surface area contributed by atoms with Gasteiger partial charge in [0.25, 0.3) is 5.89 Å². The van der Waals surface area contributed by atoms with Crippen LogP contribution in [0.4, 0.5) is 0 Å². The lowest BCUT2D eigenvalue weighted by Gasteiger charge is -2.30. The van der Waals surface area contributed by atoms with Crippen molar-refractivity contribution in [2.24, 2.45) is 0 Å². The molecule has 1 aliphatic heterocycles. The molecular formula is C15H20N4O. The first-order valence-electron chi connectivity index (χ1n) is 6.98. The molecular weight excluding hydrogens is 252 g/mol. The molecule has 2 heterocycles. The predicted molar refractivity (Wildman–Crippen MR) is 77.4 cm³/mol. The normalized spacial score (nSPS) is 20.2. The Balaban J connectivity index is 1.92. The van der Waals surface area contributed by atoms with Crippen molar-refractivity contribution in [1.29, 1.82) is 0 Å². The van der Waals surface area contributed by atoms with Crippen LogP contribution in [-0.4, -0.2) is 41.7 Å². The summed E-state index contributed by atoms with van der Waals surface area (Å²) < 4.78 is 5.47. The fraction of sp³-hybridized carbons (Fsp3) is 0.467. The van der Waals surface area contributed by atoms with Crippen molar-refractivity contribution in [2.45, 2.75) is 19.9 Å². The van der Waals surface area contributed by atoms with Crippen LogP contribution in [-0.2, 0) is 0 Å². The van der Waals surface area contributed by atoms with Crippen molar-refractivity contribution in [3.8, 4) is 11.5 Å². The molecule has 2 aromatic rings. The second kappa shape index (κ2) is 5.34. The van der Waals surface area contributed by atoms with E-state index in [1.165, 1.54) is 11.1 Å². The van der Waals surface area contributed by atoms with Crippen LogP contribution in [0.2, 0.25) is 0 Å². The molecule has 0 radical (unpaired) electrons. The quantitative estimate of drug-likeness (QED) is 0.905. The summed E-state index contributed by atoms with van der Waals surface area (Å²) in [6, 6.07) is 6.33. The topological polar surface area (TPSA) is 54.2 Å². The van der Waals surface area contributed by atoms with Crippen LogP contribution in [0.5, 0.6) is 0 Å². The summed E-state index contributed by atoms with van der Waals surface area (Å²) in [6.07, 6.45) is 0. The molecule has 0 aliphatic carbocycles. The Hall–Kier alpha value is -1.72. The Morgan fingerprint density at radius 2 is 2.20 bits per heavy atom. The number of aromatic nitrogens is 2. The number of nitrogens with one attached hydrogen (secondary N) is 1. The number of piperazine rings is 1. The van der Waals surface area contributed by atoms with Crippen LogP contribution in [0.25, 0.3) is 11.5 Å². The highest BCUT2D eigenvalue weighted by molar-refractivity contribution is 5.60. The van der Waals surface area contributed by atoms with Crippen LogP contribution >= 0.6 is 0 Å². The van der Waals surface area contributed by atoms with Gasteiger partial charge in [0.05, 0.1) is 6.04 Å². The Labute approximate surface area is 119 Å². The van der Waals surface area contributed by atoms with Crippen molar-refractivity contribution in [1.82, 2.24) is 20.4 Å². The fourth-order valence-electron chi connectivity index (χ4n) is 2.56. The zero-order valence-electron chi connectivity index (χ0n) is 12.2. The van der Waals surface area contributed by atoms with Crippen LogP contribution in [0.15, 0.2) is 22.7 Å². The van der Waals surface area contributed by atoms with Gasteiger partial charge >= 0.3 is 0 Å². The van der Waals surface area contributed by atoms with Crippen molar-refractivity contribution in [3.63, 3.8) is 0 Å². The van der Waals surface area contributed by atoms with E-state index in [9.17, 15) is 0 Å². The molecule has 0 amide bonds. The Morgan fingerprint density at radius 3 is 3.00 bits per heavy atom. The molecule has 5 nitrogen and oxygen atoms in total. The number of hydrogen-bond donors (Lipinski definition) is 1. The molecule has 1 aromatic carbocycles. The lowest BCUT2D eigenvalue weighted by molar-refractivity contribution is 0.190. The number of nitrogens with zero attached hydrogens (tertiary/aromatic N) is 3. The average Bonchev–Trinajstić information content (AvgIpc) is 2.92. The molecule has 0 spiro atoms. The smallest absolute Gasteiger partial charge is 0.258 e. The average molecular weight is 272 g/mol. The molecule has 0 bridgehead atoms. The Bertz CT molecular complexity index is 608. The minimum absolute atomic E-state index is 0.186. The maximum absolute atomic E-state index is 5.47. The third-order valence-electron chi connectivity index (χ3n) is 4.09. The van der Waals surface area contributed by atoms with Gasteiger partial charge in [-0.1, -0.05) is 17.3 Å². The van der Waals surface area contributed by atoms with Gasteiger partial charge in [0, 0.05) is 25.2 Å². The molecule has 1 aliphatic rings. The van der Waals surface area contributed by atoms with Crippen molar-refractivity contribution < 1.29 is 4.52 Å². The maximum Gasteiger partial charge on any atom is 0.258 e. The zero-order chi connectivity index (χ0) is 14.1. The number of hydrogen-bond acceptors (Lipinski definition) is 5. The highest BCUT2D eigenvalue weighted by atomic mass is 16.5. The molecule has 1 saturated heterocycles. The van der Waals surface area contributed by atoms with Crippen LogP contribution < -0.4 is 5.32 Å². The van der Waals surface area contributed by atoms with Gasteiger partial charge in [0.1, 0.15) is 0 Å². The summed E-state index contributed by atoms with van der Waals surface area (Å²) >= 11 is 0. The molecule has 1 N–H and O–H groups in total. The van der Waals surface area contributed by atoms with Gasteiger partial charge < -0.3 is 9.84 Å². The SMILES string of the molecule is Cc1cccc(-c2nc(C3CNCCN3C)no2)c1C. The maximum atomic E-state index is 5.47. The van der Waals surface area contributed by atoms with Gasteiger partial charge in [-0.15, -0.1) is 0 Å². The first-order valence-corrected chi connectivity index (χ1v) is 6.98. The summed E-state index contributed by atoms with van der Waals surface area (Å²) in [5.74, 6) is 1.37. The van der Waals surface area contributed by atoms with Crippen LogP contribution in [0, 0.1) is 13.8 Å². The van der Waals surface area contributed by atoms with Gasteiger partial charge in [-0.25, -0.2) is 0 Å². The molecule has 5 heteroatoms. The second-order valence-corrected chi connectivity index (χ2v) is 5.41. The summed E-state index contributed by atoms with van der Waals surface area (Å²) in [5, 5.41) is 7.54. The van der Waals surface area contributed by atoms with Gasteiger partial charge in [-0.05, 0) is 38.1 Å². The standard InChI is InChI=1S/C15H20N4O/c1-10-5-4-6-12(11(10)2)15-17-14(18-20-15)13-9-16-7-8-19(13)3/h4-6,13,16H,7-9H2,1-3H3. The predicted octanol–water partition coefficient (Wildman–Crippen LogP) is 1.93. The van der Waals surface area contributed by atoms with Gasteiger partial charge in [-0.2, -0.15) is 4.98 Å². The first-order chi connectivity index (χ1) is 9.66. The van der Waals surface area contributed by atoms with Gasteiger partial charge in [0.2, 0.25) is 0 Å². The molecule has 3 rings (SSSR count). The number of aryl methyl sites for hydroxylation is 1. The van der Waals surface area contributed by atoms with E-state index in [-0.39, 0.29) is 6.04 Å². The van der Waals surface area contributed by atoms with E-state index in [1.54, 1.807) is 0 Å². The minimum Gasteiger partial charge on any atom is -0.334 e. The largest absolute Gasteiger partial charge is 0.334 e. The third kappa shape index (κ3) is 2.34. The molecule has 1 fully saturated rings. The summed E-state index contributed by atoms with van der Waals surface area (Å²) in [6.45, 7) is 7.05. The number of likely N-dealkylation sites (N-methyl/N-ethyl adjacent to an activating group) is 1. The lowest BCUT2D eigenvalue weighted by atomic mass is 10.0. The Kier molecular flexibility index (Phi) is 3.54. The number of rotatable bonds is 2. The zero-order valence-corrected chi connectivity index (χ0v) is 12.2. The van der Waals surface area contributed by atoms with E-state index in [2.05, 4.69) is 47.3 Å². The monoisotopic (exact) mass is 272 g/mol. The summed E-state index contributed by atoms with van der Waals surface area (Å²) in [7, 11) is 2.10. The molecule has 20 heavy (non-hydrogen) atoms. The second-order valence-electron chi connectivity index (χ2n) is 5.41. The molecule has 106 valence electrons. The first kappa shape index (κ1) is 13.3. The van der Waals surface area contributed by atoms with Crippen molar-refractivity contribution >= 4 is 0 Å². The minimum atomic E-state index is 0.186.